The minimum Gasteiger partial charge on any atom is -0.508 e. The van der Waals surface area contributed by atoms with Crippen molar-refractivity contribution in [2.75, 3.05) is 37.7 Å². The highest BCUT2D eigenvalue weighted by Crippen LogP contribution is 2.28. The molecule has 6 heteroatoms. The van der Waals surface area contributed by atoms with Crippen LogP contribution in [0.25, 0.3) is 0 Å². The molecule has 126 valence electrons. The lowest BCUT2D eigenvalue weighted by molar-refractivity contribution is -0.144. The van der Waals surface area contributed by atoms with Crippen LogP contribution in [0.2, 0.25) is 0 Å². The molecule has 23 heavy (non-hydrogen) atoms. The van der Waals surface area contributed by atoms with Crippen LogP contribution in [0.4, 0.5) is 0 Å². The van der Waals surface area contributed by atoms with Crippen molar-refractivity contribution in [3.8, 4) is 5.75 Å². The monoisotopic (exact) mass is 336 g/mol. The van der Waals surface area contributed by atoms with Gasteiger partial charge in [-0.2, -0.15) is 11.8 Å². The van der Waals surface area contributed by atoms with Crippen LogP contribution in [0.5, 0.6) is 5.75 Å². The molecule has 3 rings (SSSR count). The van der Waals surface area contributed by atoms with Gasteiger partial charge in [0.05, 0.1) is 0 Å². The number of carboxylic acids is 1. The Balaban J connectivity index is 1.64. The predicted octanol–water partition coefficient (Wildman–Crippen LogP) is 2.03. The molecule has 2 heterocycles. The number of phenolic OH excluding ortho intramolecular Hbond substituents is 1. The minimum absolute atomic E-state index is 0.166. The second kappa shape index (κ2) is 7.55. The molecule has 2 fully saturated rings. The van der Waals surface area contributed by atoms with Crippen LogP contribution in [0.1, 0.15) is 24.4 Å². The number of carbonyl (C=O) groups is 1. The number of hydrogen-bond donors (Lipinski definition) is 2. The van der Waals surface area contributed by atoms with E-state index in [9.17, 15) is 15.0 Å². The van der Waals surface area contributed by atoms with Gasteiger partial charge in [-0.25, -0.2) is 0 Å². The second-order valence-corrected chi connectivity index (χ2v) is 7.47. The number of piperidine rings is 1. The van der Waals surface area contributed by atoms with Crippen molar-refractivity contribution in [3.63, 3.8) is 0 Å². The van der Waals surface area contributed by atoms with E-state index in [1.165, 1.54) is 11.5 Å². The Labute approximate surface area is 141 Å². The molecule has 0 spiro atoms. The summed E-state index contributed by atoms with van der Waals surface area (Å²) in [6, 6.07) is 6.52. The first kappa shape index (κ1) is 16.6. The standard InChI is InChI=1S/C17H24N2O3S/c20-15-3-1-13(2-4-15)16(17(21)22)19-7-5-14(6-8-19)18-9-11-23-12-10-18/h1-4,14,16,20H,5-12H2,(H,21,22). The minimum atomic E-state index is -0.816. The van der Waals surface area contributed by atoms with E-state index < -0.39 is 12.0 Å². The van der Waals surface area contributed by atoms with Gasteiger partial charge in [0.1, 0.15) is 11.8 Å². The number of likely N-dealkylation sites (tertiary alicyclic amines) is 1. The zero-order chi connectivity index (χ0) is 16.2. The van der Waals surface area contributed by atoms with E-state index in [4.69, 9.17) is 0 Å². The molecule has 0 radical (unpaired) electrons. The lowest BCUT2D eigenvalue weighted by Crippen LogP contribution is -2.49. The van der Waals surface area contributed by atoms with E-state index in [1.807, 2.05) is 11.8 Å². The first-order valence-corrected chi connectivity index (χ1v) is 9.38. The predicted molar refractivity (Wildman–Crippen MR) is 92.0 cm³/mol. The molecule has 2 aliphatic rings. The number of aliphatic carboxylic acids is 1. The molecule has 1 aromatic carbocycles. The van der Waals surface area contributed by atoms with E-state index in [1.54, 1.807) is 24.3 Å². The first-order chi connectivity index (χ1) is 11.1. The number of nitrogens with zero attached hydrogens (tertiary/aromatic N) is 2. The molecule has 2 saturated heterocycles. The summed E-state index contributed by atoms with van der Waals surface area (Å²) in [4.78, 5) is 16.4. The average molecular weight is 336 g/mol. The van der Waals surface area contributed by atoms with Gasteiger partial charge in [-0.15, -0.1) is 0 Å². The molecule has 0 bridgehead atoms. The van der Waals surface area contributed by atoms with E-state index in [0.29, 0.717) is 6.04 Å². The molecule has 2 aliphatic heterocycles. The zero-order valence-corrected chi connectivity index (χ0v) is 14.0. The van der Waals surface area contributed by atoms with Crippen molar-refractivity contribution < 1.29 is 15.0 Å². The van der Waals surface area contributed by atoms with E-state index in [-0.39, 0.29) is 5.75 Å². The normalized spacial score (nSPS) is 22.8. The molecule has 2 N–H and O–H groups in total. The van der Waals surface area contributed by atoms with Crippen molar-refractivity contribution >= 4 is 17.7 Å². The highest BCUT2D eigenvalue weighted by molar-refractivity contribution is 7.99. The van der Waals surface area contributed by atoms with Crippen LogP contribution in [0, 0.1) is 0 Å². The number of carboxylic acid groups (broad SMARTS) is 1. The number of rotatable bonds is 4. The Morgan fingerprint density at radius 2 is 1.70 bits per heavy atom. The molecule has 0 amide bonds. The highest BCUT2D eigenvalue weighted by Gasteiger charge is 2.32. The van der Waals surface area contributed by atoms with Gasteiger partial charge in [-0.3, -0.25) is 14.6 Å². The third-order valence-corrected chi connectivity index (χ3v) is 5.81. The number of phenols is 1. The summed E-state index contributed by atoms with van der Waals surface area (Å²) in [6.07, 6.45) is 2.07. The fourth-order valence-electron chi connectivity index (χ4n) is 3.62. The van der Waals surface area contributed by atoms with Gasteiger partial charge in [0, 0.05) is 43.7 Å². The third-order valence-electron chi connectivity index (χ3n) is 4.87. The zero-order valence-electron chi connectivity index (χ0n) is 13.2. The lowest BCUT2D eigenvalue weighted by atomic mass is 9.98. The topological polar surface area (TPSA) is 64.0 Å². The number of thioether (sulfide) groups is 1. The van der Waals surface area contributed by atoms with Crippen LogP contribution in [0.15, 0.2) is 24.3 Å². The van der Waals surface area contributed by atoms with Crippen molar-refractivity contribution in [1.29, 1.82) is 0 Å². The number of hydrogen-bond acceptors (Lipinski definition) is 5. The second-order valence-electron chi connectivity index (χ2n) is 6.25. The van der Waals surface area contributed by atoms with Crippen molar-refractivity contribution in [3.05, 3.63) is 29.8 Å². The van der Waals surface area contributed by atoms with Crippen LogP contribution >= 0.6 is 11.8 Å². The van der Waals surface area contributed by atoms with Crippen molar-refractivity contribution in [1.82, 2.24) is 9.80 Å². The summed E-state index contributed by atoms with van der Waals surface area (Å²) in [5.74, 6) is 1.78. The molecule has 1 atom stereocenters. The molecule has 5 nitrogen and oxygen atoms in total. The number of aromatic hydroxyl groups is 1. The molecule has 0 aliphatic carbocycles. The summed E-state index contributed by atoms with van der Waals surface area (Å²) in [5.41, 5.74) is 0.739. The Bertz CT molecular complexity index is 523. The maximum atomic E-state index is 11.7. The van der Waals surface area contributed by atoms with E-state index in [2.05, 4.69) is 9.80 Å². The Morgan fingerprint density at radius 3 is 2.26 bits per heavy atom. The van der Waals surface area contributed by atoms with Crippen LogP contribution in [0.3, 0.4) is 0 Å². The number of benzene rings is 1. The molecule has 1 unspecified atom stereocenters. The van der Waals surface area contributed by atoms with Gasteiger partial charge >= 0.3 is 5.97 Å². The van der Waals surface area contributed by atoms with Crippen LogP contribution in [-0.2, 0) is 4.79 Å². The van der Waals surface area contributed by atoms with Crippen LogP contribution < -0.4 is 0 Å². The van der Waals surface area contributed by atoms with Crippen molar-refractivity contribution in [2.24, 2.45) is 0 Å². The Kier molecular flexibility index (Phi) is 5.46. The van der Waals surface area contributed by atoms with E-state index in [0.717, 1.165) is 44.6 Å². The molecular weight excluding hydrogens is 312 g/mol. The maximum absolute atomic E-state index is 11.7. The quantitative estimate of drug-likeness (QED) is 0.877. The van der Waals surface area contributed by atoms with Gasteiger partial charge in [0.15, 0.2) is 0 Å². The largest absolute Gasteiger partial charge is 0.508 e. The lowest BCUT2D eigenvalue weighted by Gasteiger charge is -2.41. The maximum Gasteiger partial charge on any atom is 0.325 e. The third kappa shape index (κ3) is 4.00. The van der Waals surface area contributed by atoms with Gasteiger partial charge in [-0.05, 0) is 30.5 Å². The molecular formula is C17H24N2O3S. The fraction of sp³-hybridized carbons (Fsp3) is 0.588. The molecule has 0 saturated carbocycles. The van der Waals surface area contributed by atoms with Crippen LogP contribution in [-0.4, -0.2) is 69.7 Å². The van der Waals surface area contributed by atoms with Gasteiger partial charge in [0.2, 0.25) is 0 Å². The first-order valence-electron chi connectivity index (χ1n) is 8.23. The van der Waals surface area contributed by atoms with Crippen molar-refractivity contribution in [2.45, 2.75) is 24.9 Å². The molecule has 0 aromatic heterocycles. The Hall–Kier alpha value is -1.24. The summed E-state index contributed by atoms with van der Waals surface area (Å²) in [7, 11) is 0. The SMILES string of the molecule is O=C(O)C(c1ccc(O)cc1)N1CCC(N2CCSCC2)CC1. The van der Waals surface area contributed by atoms with E-state index >= 15 is 0 Å². The van der Waals surface area contributed by atoms with Gasteiger partial charge in [0.25, 0.3) is 0 Å². The summed E-state index contributed by atoms with van der Waals surface area (Å²) in [6.45, 7) is 3.95. The summed E-state index contributed by atoms with van der Waals surface area (Å²) < 4.78 is 0. The highest BCUT2D eigenvalue weighted by atomic mass is 32.2. The van der Waals surface area contributed by atoms with Gasteiger partial charge < -0.3 is 10.2 Å². The summed E-state index contributed by atoms with van der Waals surface area (Å²) in [5, 5.41) is 19.0. The Morgan fingerprint density at radius 1 is 1.09 bits per heavy atom. The summed E-state index contributed by atoms with van der Waals surface area (Å²) >= 11 is 2.02. The fourth-order valence-corrected chi connectivity index (χ4v) is 4.55. The smallest absolute Gasteiger partial charge is 0.325 e. The average Bonchev–Trinajstić information content (AvgIpc) is 2.58. The van der Waals surface area contributed by atoms with Gasteiger partial charge in [-0.1, -0.05) is 12.1 Å². The molecule has 1 aromatic rings.